The van der Waals surface area contributed by atoms with Crippen LogP contribution in [0.5, 0.6) is 5.75 Å². The fourth-order valence-corrected chi connectivity index (χ4v) is 2.74. The van der Waals surface area contributed by atoms with Gasteiger partial charge in [0.2, 0.25) is 5.91 Å². The largest absolute Gasteiger partial charge is 0.495 e. The van der Waals surface area contributed by atoms with Crippen LogP contribution in [0, 0.1) is 5.82 Å². The molecule has 8 heteroatoms. The zero-order chi connectivity index (χ0) is 20.1. The normalized spacial score (nSPS) is 10.5. The Balaban J connectivity index is 1.83. The van der Waals surface area contributed by atoms with Crippen LogP contribution in [0.15, 0.2) is 70.4 Å². The Bertz CT molecular complexity index is 1120. The van der Waals surface area contributed by atoms with Crippen molar-refractivity contribution < 1.29 is 13.9 Å². The van der Waals surface area contributed by atoms with E-state index < -0.39 is 29.5 Å². The van der Waals surface area contributed by atoms with Crippen LogP contribution in [0.1, 0.15) is 5.56 Å². The minimum atomic E-state index is -0.660. The number of carbonyl (C=O) groups excluding carboxylic acids is 1. The number of anilines is 1. The highest BCUT2D eigenvalue weighted by Gasteiger charge is 2.12. The number of hydrogen-bond acceptors (Lipinski definition) is 4. The summed E-state index contributed by atoms with van der Waals surface area (Å²) in [5, 5.41) is 2.62. The number of amides is 1. The summed E-state index contributed by atoms with van der Waals surface area (Å²) < 4.78 is 20.6. The number of ether oxygens (including phenoxy) is 1. The van der Waals surface area contributed by atoms with Crippen LogP contribution >= 0.6 is 0 Å². The van der Waals surface area contributed by atoms with Crippen LogP contribution in [-0.4, -0.2) is 22.2 Å². The van der Waals surface area contributed by atoms with E-state index in [-0.39, 0.29) is 6.54 Å². The van der Waals surface area contributed by atoms with Gasteiger partial charge in [-0.1, -0.05) is 24.3 Å². The smallest absolute Gasteiger partial charge is 0.331 e. The van der Waals surface area contributed by atoms with E-state index in [0.717, 1.165) is 4.57 Å². The number of nitrogens with one attached hydrogen (secondary N) is 1. The van der Waals surface area contributed by atoms with Gasteiger partial charge in [0.25, 0.3) is 5.56 Å². The number of nitrogens with zero attached hydrogens (tertiary/aromatic N) is 2. The third kappa shape index (κ3) is 4.35. The number of para-hydroxylation sites is 2. The van der Waals surface area contributed by atoms with E-state index in [0.29, 0.717) is 17.0 Å². The average Bonchev–Trinajstić information content (AvgIpc) is 2.68. The predicted octanol–water partition coefficient (Wildman–Crippen LogP) is 1.84. The number of methoxy groups -OCH3 is 1. The van der Waals surface area contributed by atoms with Crippen LogP contribution < -0.4 is 21.3 Å². The molecule has 144 valence electrons. The van der Waals surface area contributed by atoms with Gasteiger partial charge in [-0.15, -0.1) is 0 Å². The van der Waals surface area contributed by atoms with Gasteiger partial charge >= 0.3 is 5.69 Å². The van der Waals surface area contributed by atoms with Crippen molar-refractivity contribution in [2.45, 2.75) is 13.1 Å². The standard InChI is InChI=1S/C20H18FN3O4/c1-28-17-8-3-2-7-16(17)22-18(25)13-24-19(26)9-10-23(20(24)27)12-14-5-4-6-15(21)11-14/h2-11H,12-13H2,1H3,(H,22,25). The van der Waals surface area contributed by atoms with Crippen molar-refractivity contribution in [1.29, 1.82) is 0 Å². The quantitative estimate of drug-likeness (QED) is 0.704. The zero-order valence-corrected chi connectivity index (χ0v) is 15.1. The lowest BCUT2D eigenvalue weighted by Crippen LogP contribution is -2.41. The van der Waals surface area contributed by atoms with Crippen LogP contribution in [0.2, 0.25) is 0 Å². The van der Waals surface area contributed by atoms with E-state index >= 15 is 0 Å². The van der Waals surface area contributed by atoms with Gasteiger partial charge in [-0.25, -0.2) is 9.18 Å². The number of aromatic nitrogens is 2. The molecule has 1 heterocycles. The molecule has 0 saturated heterocycles. The van der Waals surface area contributed by atoms with Crippen LogP contribution in [0.4, 0.5) is 10.1 Å². The number of halogens is 1. The minimum absolute atomic E-state index is 0.0744. The highest BCUT2D eigenvalue weighted by molar-refractivity contribution is 5.92. The Labute approximate surface area is 159 Å². The molecule has 7 nitrogen and oxygen atoms in total. The van der Waals surface area contributed by atoms with Crippen molar-refractivity contribution in [2.24, 2.45) is 0 Å². The molecule has 0 saturated carbocycles. The molecule has 2 aromatic carbocycles. The first-order valence-corrected chi connectivity index (χ1v) is 8.45. The lowest BCUT2D eigenvalue weighted by Gasteiger charge is -2.12. The molecule has 28 heavy (non-hydrogen) atoms. The molecule has 0 aliphatic rings. The number of benzene rings is 2. The van der Waals surface area contributed by atoms with Gasteiger partial charge in [-0.3, -0.25) is 18.7 Å². The molecule has 0 fully saturated rings. The van der Waals surface area contributed by atoms with E-state index in [1.165, 1.54) is 42.1 Å². The van der Waals surface area contributed by atoms with Crippen molar-refractivity contribution in [3.05, 3.63) is 93.0 Å². The monoisotopic (exact) mass is 383 g/mol. The first-order chi connectivity index (χ1) is 13.5. The maximum Gasteiger partial charge on any atom is 0.331 e. The maximum absolute atomic E-state index is 13.3. The lowest BCUT2D eigenvalue weighted by molar-refractivity contribution is -0.116. The molecule has 0 bridgehead atoms. The third-order valence-corrected chi connectivity index (χ3v) is 4.06. The van der Waals surface area contributed by atoms with Crippen molar-refractivity contribution in [2.75, 3.05) is 12.4 Å². The first kappa shape index (κ1) is 19.1. The first-order valence-electron chi connectivity index (χ1n) is 8.45. The second kappa shape index (κ2) is 8.34. The number of hydrogen-bond donors (Lipinski definition) is 1. The molecule has 1 amide bonds. The predicted molar refractivity (Wildman–Crippen MR) is 102 cm³/mol. The Morgan fingerprint density at radius 3 is 2.64 bits per heavy atom. The summed E-state index contributed by atoms with van der Waals surface area (Å²) in [6.45, 7) is -0.384. The summed E-state index contributed by atoms with van der Waals surface area (Å²) in [7, 11) is 1.47. The second-order valence-corrected chi connectivity index (χ2v) is 6.03. The fraction of sp³-hybridized carbons (Fsp3) is 0.150. The molecular weight excluding hydrogens is 365 g/mol. The Morgan fingerprint density at radius 2 is 1.89 bits per heavy atom. The van der Waals surface area contributed by atoms with Gasteiger partial charge in [0.05, 0.1) is 19.3 Å². The van der Waals surface area contributed by atoms with Crippen molar-refractivity contribution in [3.8, 4) is 5.75 Å². The molecule has 0 atom stereocenters. The number of carbonyl (C=O) groups is 1. The van der Waals surface area contributed by atoms with Crippen molar-refractivity contribution in [3.63, 3.8) is 0 Å². The summed E-state index contributed by atoms with van der Waals surface area (Å²) in [5.74, 6) is -0.512. The molecule has 1 N–H and O–H groups in total. The molecule has 1 aromatic heterocycles. The Morgan fingerprint density at radius 1 is 1.11 bits per heavy atom. The maximum atomic E-state index is 13.3. The SMILES string of the molecule is COc1ccccc1NC(=O)Cn1c(=O)ccn(Cc2cccc(F)c2)c1=O. The lowest BCUT2D eigenvalue weighted by atomic mass is 10.2. The summed E-state index contributed by atoms with van der Waals surface area (Å²) >= 11 is 0. The molecule has 3 rings (SSSR count). The fourth-order valence-electron chi connectivity index (χ4n) is 2.74. The summed E-state index contributed by atoms with van der Waals surface area (Å²) in [4.78, 5) is 37.1. The van der Waals surface area contributed by atoms with Crippen LogP contribution in [0.25, 0.3) is 0 Å². The third-order valence-electron chi connectivity index (χ3n) is 4.06. The van der Waals surface area contributed by atoms with E-state index in [2.05, 4.69) is 5.32 Å². The van der Waals surface area contributed by atoms with Gasteiger partial charge in [-0.2, -0.15) is 0 Å². The van der Waals surface area contributed by atoms with E-state index in [9.17, 15) is 18.8 Å². The molecule has 0 radical (unpaired) electrons. The summed E-state index contributed by atoms with van der Waals surface area (Å²) in [5.41, 5.74) is -0.271. The minimum Gasteiger partial charge on any atom is -0.495 e. The molecule has 0 aliphatic heterocycles. The highest BCUT2D eigenvalue weighted by atomic mass is 19.1. The van der Waals surface area contributed by atoms with E-state index in [1.807, 2.05) is 0 Å². The Hall–Kier alpha value is -3.68. The Kier molecular flexibility index (Phi) is 5.69. The van der Waals surface area contributed by atoms with Crippen LogP contribution in [-0.2, 0) is 17.9 Å². The molecule has 0 aliphatic carbocycles. The highest BCUT2D eigenvalue weighted by Crippen LogP contribution is 2.22. The number of rotatable bonds is 6. The van der Waals surface area contributed by atoms with Crippen LogP contribution in [0.3, 0.4) is 0 Å². The zero-order valence-electron chi connectivity index (χ0n) is 15.1. The molecule has 0 unspecified atom stereocenters. The van der Waals surface area contributed by atoms with Gasteiger partial charge < -0.3 is 10.1 Å². The van der Waals surface area contributed by atoms with Gasteiger partial charge in [0, 0.05) is 12.3 Å². The van der Waals surface area contributed by atoms with Crippen molar-refractivity contribution >= 4 is 11.6 Å². The van der Waals surface area contributed by atoms with Gasteiger partial charge in [0.1, 0.15) is 18.1 Å². The van der Waals surface area contributed by atoms with Gasteiger partial charge in [0.15, 0.2) is 0 Å². The molecule has 3 aromatic rings. The van der Waals surface area contributed by atoms with Crippen molar-refractivity contribution in [1.82, 2.24) is 9.13 Å². The molecular formula is C20H18FN3O4. The van der Waals surface area contributed by atoms with E-state index in [4.69, 9.17) is 4.74 Å². The van der Waals surface area contributed by atoms with Gasteiger partial charge in [-0.05, 0) is 29.8 Å². The van der Waals surface area contributed by atoms with E-state index in [1.54, 1.807) is 30.3 Å². The average molecular weight is 383 g/mol. The molecule has 0 spiro atoms. The topological polar surface area (TPSA) is 82.3 Å². The summed E-state index contributed by atoms with van der Waals surface area (Å²) in [6, 6.07) is 13.8. The summed E-state index contributed by atoms with van der Waals surface area (Å²) in [6.07, 6.45) is 1.32. The second-order valence-electron chi connectivity index (χ2n) is 6.03.